The fourth-order valence-corrected chi connectivity index (χ4v) is 13.5. The number of aliphatic hydroxyl groups excluding tert-OH is 6. The standard InChI is InChI=1S/C20H19N3O8.C13H18N2O6.C12H15N5O5.C12H17N3O5.C10H14N2O5/c24-10(9-23-17(28)11-3-1-2-4-12(11)18(23)29)5-6-13-15(26)16(27)19(31-13)22-8-7-14(25)21-20(22)30;1-2-7(16)3-4-8-10(18)11(19)12(21-8)15-6-5-9(17)14-13(15)20;1-12(2)21-8-6(5-14-16-13)20-10(9(8)22-12)17-4-3-7(18)15-11(17)19;1-12(2)19-8-6(5-13)18-10(9(8)20-12)15-4-3-7(16)14-11(15)17;1-2-5-7(14)8(15)9(17-5)12-4-3-6(13)11-10(12)16/h1-4,7-8,13,15-16,19,26-27H,5-6,9H2,(H,21,25,30);5-6,8,10-12,18-19H,2-4H2,1H3,(H,14,17,20);3-4,6,8-10H,5H2,1-2H3,(H,15,18,19);3-4,6,8-10H,5,13H2,1-2H3,(H,14,16,17);3-5,7-9,14-15H,2H2,1H3,(H,11,13,16)/t13-,15+,16?,19-;8-,10+,11?,12-;2*6-,8+,9?,10-;5-,7+,8?,9-/m11111/s1. The number of ether oxygens (including phenoxy) is 9. The number of aliphatic hydroxyl groups is 6. The lowest BCUT2D eigenvalue weighted by Crippen LogP contribution is -2.37. The van der Waals surface area contributed by atoms with Crippen LogP contribution in [0.25, 0.3) is 10.4 Å². The van der Waals surface area contributed by atoms with E-state index < -0.39 is 202 Å². The lowest BCUT2D eigenvalue weighted by atomic mass is 10.0. The second-order valence-corrected chi connectivity index (χ2v) is 27.3. The molecule has 14 rings (SSSR count). The van der Waals surface area contributed by atoms with Crippen LogP contribution in [-0.2, 0) is 52.2 Å². The molecule has 0 spiro atoms. The van der Waals surface area contributed by atoms with Crippen molar-refractivity contribution >= 4 is 23.4 Å². The number of aromatic amines is 5. The van der Waals surface area contributed by atoms with Crippen molar-refractivity contribution in [2.24, 2.45) is 10.8 Å². The lowest BCUT2D eigenvalue weighted by molar-refractivity contribution is -0.196. The van der Waals surface area contributed by atoms with Crippen molar-refractivity contribution in [1.29, 1.82) is 0 Å². The minimum Gasteiger partial charge on any atom is -0.388 e. The van der Waals surface area contributed by atoms with Crippen LogP contribution in [0, 0.1) is 0 Å². The average molecular weight is 1560 g/mol. The maximum Gasteiger partial charge on any atom is 0.330 e. The van der Waals surface area contributed by atoms with Gasteiger partial charge in [-0.3, -0.25) is 95.8 Å². The molecule has 5 aromatic heterocycles. The van der Waals surface area contributed by atoms with Crippen molar-refractivity contribution in [1.82, 2.24) is 52.7 Å². The van der Waals surface area contributed by atoms with Crippen LogP contribution in [0.15, 0.2) is 139 Å². The Bertz CT molecular complexity index is 5040. The molecule has 0 bridgehead atoms. The molecule has 6 aromatic rings. The van der Waals surface area contributed by atoms with E-state index in [9.17, 15) is 97.8 Å². The van der Waals surface area contributed by atoms with Crippen LogP contribution in [0.1, 0.15) is 132 Å². The number of ketones is 2. The topological polar surface area (TPSA) is 625 Å². The van der Waals surface area contributed by atoms with Crippen molar-refractivity contribution < 1.29 is 92.4 Å². The maximum atomic E-state index is 12.4. The predicted octanol–water partition coefficient (Wildman–Crippen LogP) is -4.54. The molecule has 1 aromatic carbocycles. The Balaban J connectivity index is 0.000000150. The molecule has 0 radical (unpaired) electrons. The Hall–Kier alpha value is -10.2. The number of azide groups is 1. The summed E-state index contributed by atoms with van der Waals surface area (Å²) in [5, 5.41) is 63.4. The zero-order chi connectivity index (χ0) is 80.8. The number of carbonyl (C=O) groups excluding carboxylic acids is 4. The number of hydrogen-bond donors (Lipinski definition) is 12. The van der Waals surface area contributed by atoms with Gasteiger partial charge < -0.3 is 79.0 Å². The Labute approximate surface area is 622 Å². The number of carbonyl (C=O) groups is 4. The third kappa shape index (κ3) is 18.7. The molecule has 111 heavy (non-hydrogen) atoms. The van der Waals surface area contributed by atoms with Crippen molar-refractivity contribution in [3.8, 4) is 0 Å². The van der Waals surface area contributed by atoms with Gasteiger partial charge in [0, 0.05) is 92.0 Å². The van der Waals surface area contributed by atoms with E-state index in [1.165, 1.54) is 58.2 Å². The summed E-state index contributed by atoms with van der Waals surface area (Å²) in [7, 11) is 0. The van der Waals surface area contributed by atoms with Crippen molar-refractivity contribution in [2.45, 2.75) is 214 Å². The third-order valence-corrected chi connectivity index (χ3v) is 18.9. The predicted molar refractivity (Wildman–Crippen MR) is 374 cm³/mol. The highest BCUT2D eigenvalue weighted by atomic mass is 16.8. The largest absolute Gasteiger partial charge is 0.388 e. The Morgan fingerprint density at radius 2 is 0.766 bits per heavy atom. The van der Waals surface area contributed by atoms with E-state index in [-0.39, 0.29) is 67.9 Å². The summed E-state index contributed by atoms with van der Waals surface area (Å²) in [6.45, 7) is 10.5. The summed E-state index contributed by atoms with van der Waals surface area (Å²) in [5.74, 6) is -3.07. The molecule has 13 N–H and O–H groups in total. The highest BCUT2D eigenvalue weighted by Crippen LogP contribution is 2.44. The molecule has 44 heteroatoms. The monoisotopic (exact) mass is 1560 g/mol. The fourth-order valence-electron chi connectivity index (χ4n) is 13.5. The first-order valence-electron chi connectivity index (χ1n) is 34.9. The number of fused-ring (bicyclic) bond motifs is 3. The number of nitrogens with zero attached hydrogens (tertiary/aromatic N) is 9. The van der Waals surface area contributed by atoms with Crippen LogP contribution in [0.4, 0.5) is 0 Å². The van der Waals surface area contributed by atoms with Gasteiger partial charge in [-0.05, 0) is 64.6 Å². The molecule has 0 saturated carbocycles. The summed E-state index contributed by atoms with van der Waals surface area (Å²) < 4.78 is 56.6. The first-order chi connectivity index (χ1) is 52.6. The summed E-state index contributed by atoms with van der Waals surface area (Å²) in [4.78, 5) is 177. The number of H-pyrrole nitrogens is 5. The number of rotatable bonds is 18. The van der Waals surface area contributed by atoms with Crippen LogP contribution in [0.5, 0.6) is 0 Å². The van der Waals surface area contributed by atoms with Gasteiger partial charge in [0.1, 0.15) is 72.9 Å². The summed E-state index contributed by atoms with van der Waals surface area (Å²) in [6.07, 6.45) is -9.64. The van der Waals surface area contributed by atoms with Crippen LogP contribution in [0.3, 0.4) is 0 Å². The fraction of sp³-hybridized carbons (Fsp3) is 0.552. The molecular weight excluding hydrogens is 1480 g/mol. The number of amides is 2. The Kier molecular flexibility index (Phi) is 26.2. The first kappa shape index (κ1) is 83.2. The Morgan fingerprint density at radius 3 is 1.10 bits per heavy atom. The molecule has 0 aliphatic carbocycles. The van der Waals surface area contributed by atoms with Gasteiger partial charge in [0.15, 0.2) is 48.5 Å². The van der Waals surface area contributed by atoms with Gasteiger partial charge in [-0.15, -0.1) is 0 Å². The van der Waals surface area contributed by atoms with Gasteiger partial charge in [0.2, 0.25) is 0 Å². The van der Waals surface area contributed by atoms with Gasteiger partial charge in [-0.1, -0.05) is 31.1 Å². The quantitative estimate of drug-likeness (QED) is 0.0167. The van der Waals surface area contributed by atoms with E-state index in [0.717, 1.165) is 43.0 Å². The van der Waals surface area contributed by atoms with Gasteiger partial charge in [-0.25, -0.2) is 24.0 Å². The van der Waals surface area contributed by atoms with Gasteiger partial charge >= 0.3 is 28.4 Å². The van der Waals surface area contributed by atoms with Crippen LogP contribution < -0.4 is 62.0 Å². The zero-order valence-electron chi connectivity index (χ0n) is 60.2. The molecule has 5 unspecified atom stereocenters. The second kappa shape index (κ2) is 35.0. The average Bonchev–Trinajstić information content (AvgIpc) is 1.60. The smallest absolute Gasteiger partial charge is 0.330 e. The summed E-state index contributed by atoms with van der Waals surface area (Å²) in [5.41, 5.74) is 8.59. The normalized spacial score (nSPS) is 30.3. The number of hydrogen-bond acceptors (Lipinski definition) is 31. The van der Waals surface area contributed by atoms with E-state index >= 15 is 0 Å². The van der Waals surface area contributed by atoms with Crippen LogP contribution >= 0.6 is 0 Å². The number of aromatic nitrogens is 10. The van der Waals surface area contributed by atoms with Crippen LogP contribution in [-0.4, -0.2) is 229 Å². The van der Waals surface area contributed by atoms with E-state index in [1.807, 2.05) is 4.98 Å². The number of benzene rings is 1. The summed E-state index contributed by atoms with van der Waals surface area (Å²) >= 11 is 0. The van der Waals surface area contributed by atoms with E-state index in [4.69, 9.17) is 53.9 Å². The van der Waals surface area contributed by atoms with Gasteiger partial charge in [0.25, 0.3) is 39.6 Å². The Morgan fingerprint density at radius 1 is 0.450 bits per heavy atom. The highest BCUT2D eigenvalue weighted by Gasteiger charge is 2.57. The minimum atomic E-state index is -1.46. The van der Waals surface area contributed by atoms with Crippen molar-refractivity contribution in [3.05, 3.63) is 211 Å². The molecule has 2 amide bonds. The third-order valence-electron chi connectivity index (χ3n) is 18.9. The summed E-state index contributed by atoms with van der Waals surface area (Å²) in [6, 6.07) is 12.1. The molecule has 600 valence electrons. The van der Waals surface area contributed by atoms with E-state index in [0.29, 0.717) is 12.8 Å². The SMILES string of the molecule is CC1(C)OC2[C@@H](O1)[C@@H](CN)O[C@H]2n1ccc(=O)[nH]c1=O.CC1(C)OC2[C@@H](O1)[C@@H](CN=[N+]=[N-])O[C@H]2n1ccc(=O)[nH]c1=O.CCC(=O)CC[C@H]1O[C@@H](n2ccc(=O)[nH]c2=O)C(O)[C@H]1O.CC[C@H]1O[C@@H](n2ccc(=O)[nH]c2=O)C(O)[C@H]1O.O=C(CC[C@H]1O[C@@H](n2ccc(=O)[nH]c2=O)C(O)[C@H]1O)CN1C(=O)c2ccccc2C1=O. The van der Waals surface area contributed by atoms with Crippen LogP contribution in [0.2, 0.25) is 0 Å². The zero-order valence-corrected chi connectivity index (χ0v) is 60.2. The molecule has 44 nitrogen and oxygen atoms in total. The van der Waals surface area contributed by atoms with Crippen molar-refractivity contribution in [3.63, 3.8) is 0 Å². The number of nitrogens with two attached hydrogens (primary N) is 1. The van der Waals surface area contributed by atoms with E-state index in [1.54, 1.807) is 53.7 Å². The first-order valence-corrected chi connectivity index (χ1v) is 34.9. The molecule has 8 aliphatic heterocycles. The number of Topliss-reactive ketones (excluding diaryl/α,β-unsaturated/α-hetero) is 2. The minimum absolute atomic E-state index is 0.00513. The highest BCUT2D eigenvalue weighted by molar-refractivity contribution is 6.22. The van der Waals surface area contributed by atoms with E-state index in [2.05, 4.69) is 30.0 Å². The number of imide groups is 1. The maximum absolute atomic E-state index is 12.4. The molecule has 7 fully saturated rings. The second-order valence-electron chi connectivity index (χ2n) is 27.3. The lowest BCUT2D eigenvalue weighted by Gasteiger charge is -2.24. The molecule has 13 heterocycles. The molecule has 7 saturated heterocycles. The molecule has 8 aliphatic rings. The molecule has 20 atom stereocenters. The van der Waals surface area contributed by atoms with Gasteiger partial charge in [-0.2, -0.15) is 0 Å². The molecular formula is C67H83N15O29. The number of nitrogens with one attached hydrogen (secondary N) is 5. The van der Waals surface area contributed by atoms with Crippen molar-refractivity contribution in [2.75, 3.05) is 19.6 Å². The van der Waals surface area contributed by atoms with Gasteiger partial charge in [0.05, 0.1) is 48.6 Å².